The largest absolute Gasteiger partial charge is 0.339 e. The Bertz CT molecular complexity index is 1170. The lowest BCUT2D eigenvalue weighted by atomic mass is 10.1. The molecule has 2 amide bonds. The summed E-state index contributed by atoms with van der Waals surface area (Å²) in [4.78, 5) is 31.8. The normalized spacial score (nSPS) is 15.5. The molecule has 5 rings (SSSR count). The molecule has 0 radical (unpaired) electrons. The first-order valence-corrected chi connectivity index (χ1v) is 11.2. The van der Waals surface area contributed by atoms with E-state index in [4.69, 9.17) is 0 Å². The number of rotatable bonds is 3. The van der Waals surface area contributed by atoms with Gasteiger partial charge in [0.05, 0.1) is 17.8 Å². The summed E-state index contributed by atoms with van der Waals surface area (Å²) < 4.78 is 13.8. The number of nitrogens with zero attached hydrogens (tertiary/aromatic N) is 2. The molecular weight excluding hydrogens is 411 g/mol. The Hall–Kier alpha value is -3.12. The molecule has 0 aliphatic carbocycles. The van der Waals surface area contributed by atoms with Crippen molar-refractivity contribution in [3.05, 3.63) is 89.2 Å². The minimum absolute atomic E-state index is 0.00906. The average molecular weight is 433 g/mol. The molecule has 31 heavy (non-hydrogen) atoms. The van der Waals surface area contributed by atoms with E-state index in [1.54, 1.807) is 17.0 Å². The summed E-state index contributed by atoms with van der Waals surface area (Å²) >= 11 is 1.52. The average Bonchev–Trinajstić information content (AvgIpc) is 3.29. The Morgan fingerprint density at radius 1 is 0.935 bits per heavy atom. The van der Waals surface area contributed by atoms with Crippen LogP contribution in [-0.2, 0) is 6.54 Å². The number of likely N-dealkylation sites (tertiary alicyclic amines) is 1. The second kappa shape index (κ2) is 8.19. The van der Waals surface area contributed by atoms with Crippen molar-refractivity contribution >= 4 is 29.3 Å². The van der Waals surface area contributed by atoms with Crippen LogP contribution in [0.15, 0.2) is 76.5 Å². The summed E-state index contributed by atoms with van der Waals surface area (Å²) in [6.07, 6.45) is 2.04. The molecule has 2 aliphatic rings. The highest BCUT2D eigenvalue weighted by Crippen LogP contribution is 2.42. The van der Waals surface area contributed by atoms with Gasteiger partial charge in [-0.05, 0) is 60.9 Å². The van der Waals surface area contributed by atoms with Crippen molar-refractivity contribution < 1.29 is 14.0 Å². The molecule has 0 spiro atoms. The quantitative estimate of drug-likeness (QED) is 0.558. The van der Waals surface area contributed by atoms with Crippen LogP contribution in [0.1, 0.15) is 39.1 Å². The first-order valence-electron chi connectivity index (χ1n) is 10.4. The Morgan fingerprint density at radius 3 is 2.55 bits per heavy atom. The van der Waals surface area contributed by atoms with Crippen LogP contribution in [0.2, 0.25) is 0 Å². The zero-order valence-electron chi connectivity index (χ0n) is 16.9. The van der Waals surface area contributed by atoms with Gasteiger partial charge in [0.15, 0.2) is 0 Å². The van der Waals surface area contributed by atoms with Crippen LogP contribution in [0, 0.1) is 5.82 Å². The SMILES string of the molecule is O=C(c1ccc2c(c1)N(Cc1cccc(F)c1)C(=O)c1ccccc1S2)N1CCCC1. The number of hydrogen-bond acceptors (Lipinski definition) is 3. The van der Waals surface area contributed by atoms with E-state index in [0.29, 0.717) is 22.4 Å². The molecule has 1 fully saturated rings. The first kappa shape index (κ1) is 19.8. The Kier molecular flexibility index (Phi) is 5.24. The fourth-order valence-corrected chi connectivity index (χ4v) is 5.19. The lowest BCUT2D eigenvalue weighted by Crippen LogP contribution is -2.31. The van der Waals surface area contributed by atoms with E-state index in [0.717, 1.165) is 35.7 Å². The topological polar surface area (TPSA) is 40.6 Å². The molecule has 0 unspecified atom stereocenters. The van der Waals surface area contributed by atoms with Gasteiger partial charge in [-0.15, -0.1) is 0 Å². The van der Waals surface area contributed by atoms with Gasteiger partial charge in [0.25, 0.3) is 11.8 Å². The standard InChI is InChI=1S/C25H21FN2O2S/c26-19-7-5-6-17(14-19)16-28-21-15-18(24(29)27-12-3-4-13-27)10-11-23(21)31-22-9-2-1-8-20(22)25(28)30/h1-2,5-11,14-15H,3-4,12-13,16H2. The van der Waals surface area contributed by atoms with Crippen molar-refractivity contribution in [3.8, 4) is 0 Å². The summed E-state index contributed by atoms with van der Waals surface area (Å²) in [6, 6.07) is 19.3. The predicted molar refractivity (Wildman–Crippen MR) is 119 cm³/mol. The third-order valence-corrected chi connectivity index (χ3v) is 6.84. The number of halogens is 1. The highest BCUT2D eigenvalue weighted by molar-refractivity contribution is 7.99. The molecule has 4 nitrogen and oxygen atoms in total. The third kappa shape index (κ3) is 3.83. The van der Waals surface area contributed by atoms with Gasteiger partial charge in [-0.25, -0.2) is 4.39 Å². The fraction of sp³-hybridized carbons (Fsp3) is 0.200. The summed E-state index contributed by atoms with van der Waals surface area (Å²) in [7, 11) is 0. The number of carbonyl (C=O) groups is 2. The second-order valence-electron chi connectivity index (χ2n) is 7.80. The minimum atomic E-state index is -0.340. The highest BCUT2D eigenvalue weighted by Gasteiger charge is 2.29. The Labute approximate surface area is 184 Å². The molecular formula is C25H21FN2O2S. The van der Waals surface area contributed by atoms with Gasteiger partial charge in [0, 0.05) is 28.4 Å². The van der Waals surface area contributed by atoms with Gasteiger partial charge in [-0.1, -0.05) is 36.0 Å². The molecule has 156 valence electrons. The summed E-state index contributed by atoms with van der Waals surface area (Å²) in [5.74, 6) is -0.505. The molecule has 3 aromatic rings. The van der Waals surface area contributed by atoms with Crippen LogP contribution in [-0.4, -0.2) is 29.8 Å². The summed E-state index contributed by atoms with van der Waals surface area (Å²) in [6.45, 7) is 1.75. The number of hydrogen-bond donors (Lipinski definition) is 0. The van der Waals surface area contributed by atoms with Gasteiger partial charge in [0.1, 0.15) is 5.82 Å². The van der Waals surface area contributed by atoms with Gasteiger partial charge in [-0.3, -0.25) is 9.59 Å². The molecule has 2 heterocycles. The maximum absolute atomic E-state index is 13.8. The molecule has 3 aromatic carbocycles. The van der Waals surface area contributed by atoms with Crippen molar-refractivity contribution in [1.82, 2.24) is 4.90 Å². The number of fused-ring (bicyclic) bond motifs is 2. The van der Waals surface area contributed by atoms with E-state index in [-0.39, 0.29) is 24.2 Å². The molecule has 2 aliphatic heterocycles. The number of carbonyl (C=O) groups excluding carboxylic acids is 2. The van der Waals surface area contributed by atoms with Gasteiger partial charge in [-0.2, -0.15) is 0 Å². The zero-order valence-corrected chi connectivity index (χ0v) is 17.7. The second-order valence-corrected chi connectivity index (χ2v) is 8.89. The van der Waals surface area contributed by atoms with Crippen molar-refractivity contribution in [3.63, 3.8) is 0 Å². The van der Waals surface area contributed by atoms with E-state index in [2.05, 4.69) is 0 Å². The van der Waals surface area contributed by atoms with Crippen LogP contribution >= 0.6 is 11.8 Å². The Morgan fingerprint density at radius 2 is 1.74 bits per heavy atom. The third-order valence-electron chi connectivity index (χ3n) is 5.70. The number of anilines is 1. The summed E-state index contributed by atoms with van der Waals surface area (Å²) in [5.41, 5.74) is 2.55. The smallest absolute Gasteiger partial charge is 0.259 e. The van der Waals surface area contributed by atoms with Crippen molar-refractivity contribution in [1.29, 1.82) is 0 Å². The monoisotopic (exact) mass is 432 g/mol. The van der Waals surface area contributed by atoms with Gasteiger partial charge in [0.2, 0.25) is 0 Å². The van der Waals surface area contributed by atoms with E-state index in [1.807, 2.05) is 47.4 Å². The lowest BCUT2D eigenvalue weighted by molar-refractivity contribution is 0.0792. The summed E-state index contributed by atoms with van der Waals surface area (Å²) in [5, 5.41) is 0. The Balaban J connectivity index is 1.60. The van der Waals surface area contributed by atoms with E-state index in [1.165, 1.54) is 23.9 Å². The molecule has 6 heteroatoms. The van der Waals surface area contributed by atoms with Crippen LogP contribution < -0.4 is 4.90 Å². The van der Waals surface area contributed by atoms with Crippen LogP contribution in [0.4, 0.5) is 10.1 Å². The molecule has 0 atom stereocenters. The van der Waals surface area contributed by atoms with Gasteiger partial charge >= 0.3 is 0 Å². The molecule has 0 N–H and O–H groups in total. The van der Waals surface area contributed by atoms with Crippen LogP contribution in [0.3, 0.4) is 0 Å². The van der Waals surface area contributed by atoms with Crippen molar-refractivity contribution in [2.75, 3.05) is 18.0 Å². The highest BCUT2D eigenvalue weighted by atomic mass is 32.2. The van der Waals surface area contributed by atoms with Crippen molar-refractivity contribution in [2.45, 2.75) is 29.2 Å². The number of amides is 2. The van der Waals surface area contributed by atoms with Crippen molar-refractivity contribution in [2.24, 2.45) is 0 Å². The molecule has 0 saturated carbocycles. The van der Waals surface area contributed by atoms with Crippen LogP contribution in [0.25, 0.3) is 0 Å². The molecule has 1 saturated heterocycles. The minimum Gasteiger partial charge on any atom is -0.339 e. The van der Waals surface area contributed by atoms with E-state index < -0.39 is 0 Å². The van der Waals surface area contributed by atoms with Crippen LogP contribution in [0.5, 0.6) is 0 Å². The van der Waals surface area contributed by atoms with Gasteiger partial charge < -0.3 is 9.80 Å². The predicted octanol–water partition coefficient (Wildman–Crippen LogP) is 5.37. The maximum Gasteiger partial charge on any atom is 0.259 e. The van der Waals surface area contributed by atoms with E-state index in [9.17, 15) is 14.0 Å². The maximum atomic E-state index is 13.8. The number of benzene rings is 3. The zero-order chi connectivity index (χ0) is 21.4. The molecule has 0 bridgehead atoms. The fourth-order valence-electron chi connectivity index (χ4n) is 4.13. The molecule has 0 aromatic heterocycles. The first-order chi connectivity index (χ1) is 15.1. The lowest BCUT2D eigenvalue weighted by Gasteiger charge is -2.24. The van der Waals surface area contributed by atoms with E-state index >= 15 is 0 Å².